The van der Waals surface area contributed by atoms with Crippen molar-refractivity contribution < 1.29 is 14.3 Å². The van der Waals surface area contributed by atoms with Gasteiger partial charge in [0.15, 0.2) is 0 Å². The van der Waals surface area contributed by atoms with E-state index < -0.39 is 11.7 Å². The highest BCUT2D eigenvalue weighted by Gasteiger charge is 2.28. The number of ether oxygens (including phenoxy) is 1. The van der Waals surface area contributed by atoms with Gasteiger partial charge >= 0.3 is 0 Å². The van der Waals surface area contributed by atoms with E-state index in [1.165, 1.54) is 0 Å². The molecule has 0 atom stereocenters. The van der Waals surface area contributed by atoms with Gasteiger partial charge in [0, 0.05) is 5.02 Å². The Labute approximate surface area is 120 Å². The van der Waals surface area contributed by atoms with Gasteiger partial charge in [-0.3, -0.25) is 9.59 Å². The summed E-state index contributed by atoms with van der Waals surface area (Å²) in [6.45, 7) is 0.342. The Balaban J connectivity index is 1.77. The van der Waals surface area contributed by atoms with Gasteiger partial charge in [0.2, 0.25) is 0 Å². The molecular formula is C15H10ClNO3. The zero-order valence-electron chi connectivity index (χ0n) is 10.4. The van der Waals surface area contributed by atoms with Gasteiger partial charge in [-0.15, -0.1) is 0 Å². The lowest BCUT2D eigenvalue weighted by atomic mass is 10.1. The average molecular weight is 288 g/mol. The highest BCUT2D eigenvalue weighted by atomic mass is 35.5. The number of halogens is 1. The SMILES string of the molecule is O=C1Nc2ccc(OCc3cccc(Cl)c3)cc2C1=O. The summed E-state index contributed by atoms with van der Waals surface area (Å²) in [6, 6.07) is 12.3. The molecule has 1 aliphatic rings. The third-order valence-corrected chi connectivity index (χ3v) is 3.22. The van der Waals surface area contributed by atoms with Gasteiger partial charge in [-0.2, -0.15) is 0 Å². The van der Waals surface area contributed by atoms with Gasteiger partial charge in [0.1, 0.15) is 12.4 Å². The zero-order chi connectivity index (χ0) is 14.1. The minimum Gasteiger partial charge on any atom is -0.489 e. The average Bonchev–Trinajstić information content (AvgIpc) is 2.72. The summed E-state index contributed by atoms with van der Waals surface area (Å²) in [5, 5.41) is 3.14. The van der Waals surface area contributed by atoms with E-state index in [1.807, 2.05) is 18.2 Å². The normalized spacial score (nSPS) is 13.1. The van der Waals surface area contributed by atoms with E-state index in [-0.39, 0.29) is 0 Å². The number of carbonyl (C=O) groups is 2. The summed E-state index contributed by atoms with van der Waals surface area (Å²) in [5.41, 5.74) is 1.80. The molecule has 0 aromatic heterocycles. The van der Waals surface area contributed by atoms with E-state index >= 15 is 0 Å². The fourth-order valence-corrected chi connectivity index (χ4v) is 2.22. The minimum absolute atomic E-state index is 0.342. The van der Waals surface area contributed by atoms with Crippen LogP contribution in [0.4, 0.5) is 5.69 Å². The molecule has 3 rings (SSSR count). The second-order valence-electron chi connectivity index (χ2n) is 4.41. The van der Waals surface area contributed by atoms with Gasteiger partial charge in [-0.1, -0.05) is 23.7 Å². The molecule has 5 heteroatoms. The second-order valence-corrected chi connectivity index (χ2v) is 4.85. The summed E-state index contributed by atoms with van der Waals surface area (Å²) in [4.78, 5) is 22.8. The Morgan fingerprint density at radius 2 is 1.95 bits per heavy atom. The van der Waals surface area contributed by atoms with Gasteiger partial charge in [-0.25, -0.2) is 0 Å². The van der Waals surface area contributed by atoms with Crippen molar-refractivity contribution in [2.24, 2.45) is 0 Å². The Morgan fingerprint density at radius 3 is 2.75 bits per heavy atom. The van der Waals surface area contributed by atoms with Crippen LogP contribution in [0.1, 0.15) is 15.9 Å². The number of hydrogen-bond donors (Lipinski definition) is 1. The molecule has 0 bridgehead atoms. The monoisotopic (exact) mass is 287 g/mol. The molecule has 0 aliphatic carbocycles. The van der Waals surface area contributed by atoms with Crippen LogP contribution in [0.5, 0.6) is 5.75 Å². The summed E-state index contributed by atoms with van der Waals surface area (Å²) < 4.78 is 5.61. The Hall–Kier alpha value is -2.33. The van der Waals surface area contributed by atoms with Crippen molar-refractivity contribution >= 4 is 29.0 Å². The predicted molar refractivity (Wildman–Crippen MR) is 75.2 cm³/mol. The maximum absolute atomic E-state index is 11.6. The highest BCUT2D eigenvalue weighted by Crippen LogP contribution is 2.27. The van der Waals surface area contributed by atoms with E-state index in [0.29, 0.717) is 28.6 Å². The van der Waals surface area contributed by atoms with Crippen LogP contribution in [0.3, 0.4) is 0 Å². The maximum Gasteiger partial charge on any atom is 0.296 e. The van der Waals surface area contributed by atoms with Crippen molar-refractivity contribution in [3.8, 4) is 5.75 Å². The summed E-state index contributed by atoms with van der Waals surface area (Å²) in [5.74, 6) is -0.603. The first-order valence-electron chi connectivity index (χ1n) is 6.00. The number of fused-ring (bicyclic) bond motifs is 1. The highest BCUT2D eigenvalue weighted by molar-refractivity contribution is 6.51. The van der Waals surface area contributed by atoms with Crippen LogP contribution >= 0.6 is 11.6 Å². The van der Waals surface area contributed by atoms with Crippen LogP contribution in [-0.2, 0) is 11.4 Å². The fraction of sp³-hybridized carbons (Fsp3) is 0.0667. The summed E-state index contributed by atoms with van der Waals surface area (Å²) in [7, 11) is 0. The largest absolute Gasteiger partial charge is 0.489 e. The van der Waals surface area contributed by atoms with Gasteiger partial charge in [-0.05, 0) is 35.9 Å². The van der Waals surface area contributed by atoms with Crippen molar-refractivity contribution in [3.63, 3.8) is 0 Å². The van der Waals surface area contributed by atoms with Crippen LogP contribution in [0.25, 0.3) is 0 Å². The number of carbonyl (C=O) groups excluding carboxylic acids is 2. The molecule has 1 N–H and O–H groups in total. The molecule has 0 saturated carbocycles. The van der Waals surface area contributed by atoms with Crippen LogP contribution in [0, 0.1) is 0 Å². The molecule has 2 aromatic rings. The molecule has 0 radical (unpaired) electrons. The molecule has 1 heterocycles. The zero-order valence-corrected chi connectivity index (χ0v) is 11.1. The van der Waals surface area contributed by atoms with E-state index in [4.69, 9.17) is 16.3 Å². The van der Waals surface area contributed by atoms with Gasteiger partial charge in [0.25, 0.3) is 11.7 Å². The molecule has 0 unspecified atom stereocenters. The quantitative estimate of drug-likeness (QED) is 0.883. The van der Waals surface area contributed by atoms with Crippen molar-refractivity contribution in [3.05, 3.63) is 58.6 Å². The number of Topliss-reactive ketones (excluding diaryl/α,β-unsaturated/α-hetero) is 1. The van der Waals surface area contributed by atoms with E-state index in [2.05, 4.69) is 5.32 Å². The molecule has 1 aliphatic heterocycles. The second kappa shape index (κ2) is 4.98. The number of nitrogens with one attached hydrogen (secondary N) is 1. The first kappa shape index (κ1) is 12.7. The van der Waals surface area contributed by atoms with Crippen molar-refractivity contribution in [2.75, 3.05) is 5.32 Å². The molecular weight excluding hydrogens is 278 g/mol. The lowest BCUT2D eigenvalue weighted by Crippen LogP contribution is -2.12. The molecule has 0 fully saturated rings. The number of hydrogen-bond acceptors (Lipinski definition) is 3. The van der Waals surface area contributed by atoms with Crippen molar-refractivity contribution in [1.82, 2.24) is 0 Å². The molecule has 100 valence electrons. The number of amides is 1. The predicted octanol–water partition coefficient (Wildman–Crippen LogP) is 3.05. The van der Waals surface area contributed by atoms with Crippen LogP contribution in [0.15, 0.2) is 42.5 Å². The van der Waals surface area contributed by atoms with Gasteiger partial charge < -0.3 is 10.1 Å². The van der Waals surface area contributed by atoms with E-state index in [0.717, 1.165) is 5.56 Å². The molecule has 0 spiro atoms. The Bertz CT molecular complexity index is 712. The summed E-state index contributed by atoms with van der Waals surface area (Å²) >= 11 is 5.89. The number of ketones is 1. The van der Waals surface area contributed by atoms with Crippen LogP contribution in [-0.4, -0.2) is 11.7 Å². The minimum atomic E-state index is -0.605. The molecule has 1 amide bonds. The molecule has 2 aromatic carbocycles. The van der Waals surface area contributed by atoms with E-state index in [1.54, 1.807) is 24.3 Å². The molecule has 4 nitrogen and oxygen atoms in total. The molecule has 20 heavy (non-hydrogen) atoms. The number of anilines is 1. The van der Waals surface area contributed by atoms with Crippen molar-refractivity contribution in [1.29, 1.82) is 0 Å². The maximum atomic E-state index is 11.6. The first-order chi connectivity index (χ1) is 9.63. The van der Waals surface area contributed by atoms with E-state index in [9.17, 15) is 9.59 Å². The smallest absolute Gasteiger partial charge is 0.296 e. The standard InChI is InChI=1S/C15H10ClNO3/c16-10-3-1-2-9(6-10)8-20-11-4-5-13-12(7-11)14(18)15(19)17-13/h1-7H,8H2,(H,17,18,19). The van der Waals surface area contributed by atoms with Crippen molar-refractivity contribution in [2.45, 2.75) is 6.61 Å². The first-order valence-corrected chi connectivity index (χ1v) is 6.38. The fourth-order valence-electron chi connectivity index (χ4n) is 2.00. The summed E-state index contributed by atoms with van der Waals surface area (Å²) in [6.07, 6.45) is 0. The lowest BCUT2D eigenvalue weighted by molar-refractivity contribution is -0.112. The lowest BCUT2D eigenvalue weighted by Gasteiger charge is -2.07. The Morgan fingerprint density at radius 1 is 1.10 bits per heavy atom. The van der Waals surface area contributed by atoms with Crippen LogP contribution in [0.2, 0.25) is 5.02 Å². The number of rotatable bonds is 3. The van der Waals surface area contributed by atoms with Gasteiger partial charge in [0.05, 0.1) is 11.3 Å². The Kier molecular flexibility index (Phi) is 3.16. The number of benzene rings is 2. The third kappa shape index (κ3) is 2.38. The molecule has 0 saturated heterocycles. The topological polar surface area (TPSA) is 55.4 Å². The third-order valence-electron chi connectivity index (χ3n) is 2.98. The van der Waals surface area contributed by atoms with Crippen LogP contribution < -0.4 is 10.1 Å².